The molecule has 13 nitrogen and oxygen atoms in total. The topological polar surface area (TPSA) is 208 Å². The van der Waals surface area contributed by atoms with Crippen LogP contribution in [0, 0.1) is 11.8 Å². The molecule has 198 valence electrons. The van der Waals surface area contributed by atoms with Crippen LogP contribution in [0.5, 0.6) is 0 Å². The molecule has 0 spiro atoms. The number of amides is 3. The number of carboxylic acid groups (broad SMARTS) is 1. The number of nitrogens with two attached hydrogens (primary N) is 1. The van der Waals surface area contributed by atoms with E-state index >= 15 is 0 Å². The number of aliphatic carboxylic acids is 1. The minimum atomic E-state index is -1.23. The van der Waals surface area contributed by atoms with E-state index in [-0.39, 0.29) is 24.7 Å². The molecule has 36 heavy (non-hydrogen) atoms. The number of hydrogen-bond donors (Lipinski definition) is 7. The Hall–Kier alpha value is -3.74. The lowest BCUT2D eigenvalue weighted by atomic mass is 9.96. The van der Waals surface area contributed by atoms with Crippen LogP contribution in [0.25, 0.3) is 0 Å². The first kappa shape index (κ1) is 28.5. The lowest BCUT2D eigenvalue weighted by molar-refractivity contribution is -0.142. The maximum Gasteiger partial charge on any atom is 0.326 e. The largest absolute Gasteiger partial charge is 0.480 e. The summed E-state index contributed by atoms with van der Waals surface area (Å²) in [5.74, 6) is -3.44. The van der Waals surface area contributed by atoms with E-state index in [1.54, 1.807) is 20.8 Å². The van der Waals surface area contributed by atoms with Gasteiger partial charge in [-0.05, 0) is 11.8 Å². The highest BCUT2D eigenvalue weighted by Gasteiger charge is 2.33. The minimum absolute atomic E-state index is 0.00611. The predicted octanol–water partition coefficient (Wildman–Crippen LogP) is -0.514. The third-order valence-corrected chi connectivity index (χ3v) is 6.02. The first-order valence-corrected chi connectivity index (χ1v) is 11.9. The SMILES string of the molecule is CCC(C)C(NC(=O)C(Cc1cnc[nH]1)NC(=O)C(N)C(C)C)C(=O)NC(Cc1cnc[nH]1)C(=O)O. The number of aromatic nitrogens is 4. The van der Waals surface area contributed by atoms with E-state index < -0.39 is 47.9 Å². The van der Waals surface area contributed by atoms with Gasteiger partial charge < -0.3 is 36.8 Å². The van der Waals surface area contributed by atoms with Crippen molar-refractivity contribution in [2.45, 2.75) is 71.1 Å². The second-order valence-corrected chi connectivity index (χ2v) is 9.16. The highest BCUT2D eigenvalue weighted by Crippen LogP contribution is 2.11. The molecule has 2 rings (SSSR count). The number of hydrogen-bond acceptors (Lipinski definition) is 7. The van der Waals surface area contributed by atoms with Gasteiger partial charge in [0.25, 0.3) is 0 Å². The molecule has 0 bridgehead atoms. The molecule has 5 unspecified atom stereocenters. The number of nitrogens with one attached hydrogen (secondary N) is 5. The standard InChI is InChI=1S/C23H36N8O5/c1-5-13(4)19(22(34)30-17(23(35)36)7-15-9-26-11-28-15)31-20(32)16(6-14-8-25-10-27-14)29-21(33)18(24)12(2)3/h8-13,16-19H,5-7,24H2,1-4H3,(H,25,27)(H,26,28)(H,29,33)(H,30,34)(H,31,32)(H,35,36). The summed E-state index contributed by atoms with van der Waals surface area (Å²) in [7, 11) is 0. The number of carboxylic acids is 1. The van der Waals surface area contributed by atoms with Gasteiger partial charge >= 0.3 is 5.97 Å². The van der Waals surface area contributed by atoms with Crippen LogP contribution in [-0.4, -0.2) is 72.9 Å². The van der Waals surface area contributed by atoms with Crippen molar-refractivity contribution >= 4 is 23.7 Å². The number of carbonyl (C=O) groups excluding carboxylic acids is 3. The van der Waals surface area contributed by atoms with Crippen molar-refractivity contribution in [3.8, 4) is 0 Å². The second kappa shape index (κ2) is 13.4. The quantitative estimate of drug-likeness (QED) is 0.178. The fourth-order valence-corrected chi connectivity index (χ4v) is 3.43. The molecule has 13 heteroatoms. The number of aromatic amines is 2. The van der Waals surface area contributed by atoms with E-state index in [2.05, 4.69) is 35.9 Å². The van der Waals surface area contributed by atoms with E-state index in [9.17, 15) is 24.3 Å². The average Bonchev–Trinajstić information content (AvgIpc) is 3.54. The number of nitrogens with zero attached hydrogens (tertiary/aromatic N) is 2. The highest BCUT2D eigenvalue weighted by molar-refractivity contribution is 5.94. The number of rotatable bonds is 14. The Morgan fingerprint density at radius 3 is 1.86 bits per heavy atom. The van der Waals surface area contributed by atoms with Gasteiger partial charge in [-0.25, -0.2) is 14.8 Å². The first-order chi connectivity index (χ1) is 17.0. The van der Waals surface area contributed by atoms with E-state index in [1.165, 1.54) is 25.0 Å². The summed E-state index contributed by atoms with van der Waals surface area (Å²) in [6, 6.07) is -4.13. The third-order valence-electron chi connectivity index (χ3n) is 6.02. The molecular weight excluding hydrogens is 468 g/mol. The highest BCUT2D eigenvalue weighted by atomic mass is 16.4. The van der Waals surface area contributed by atoms with Crippen LogP contribution in [-0.2, 0) is 32.0 Å². The van der Waals surface area contributed by atoms with Crippen LogP contribution < -0.4 is 21.7 Å². The van der Waals surface area contributed by atoms with Crippen molar-refractivity contribution < 1.29 is 24.3 Å². The molecule has 2 aromatic rings. The molecule has 0 saturated heterocycles. The fraction of sp³-hybridized carbons (Fsp3) is 0.565. The zero-order chi connectivity index (χ0) is 26.8. The van der Waals surface area contributed by atoms with Gasteiger partial charge in [-0.1, -0.05) is 34.1 Å². The number of carbonyl (C=O) groups is 4. The van der Waals surface area contributed by atoms with E-state index in [0.29, 0.717) is 17.8 Å². The third kappa shape index (κ3) is 8.18. The van der Waals surface area contributed by atoms with E-state index in [4.69, 9.17) is 5.73 Å². The van der Waals surface area contributed by atoms with Gasteiger partial charge in [0.15, 0.2) is 0 Å². The van der Waals surface area contributed by atoms with Gasteiger partial charge in [0.05, 0.1) is 18.7 Å². The molecule has 5 atom stereocenters. The van der Waals surface area contributed by atoms with Crippen molar-refractivity contribution in [3.63, 3.8) is 0 Å². The molecule has 0 fully saturated rings. The monoisotopic (exact) mass is 504 g/mol. The molecule has 2 aromatic heterocycles. The molecule has 2 heterocycles. The van der Waals surface area contributed by atoms with Crippen LogP contribution in [0.3, 0.4) is 0 Å². The fourth-order valence-electron chi connectivity index (χ4n) is 3.43. The van der Waals surface area contributed by atoms with Gasteiger partial charge in [0.2, 0.25) is 17.7 Å². The molecule has 0 aromatic carbocycles. The Morgan fingerprint density at radius 2 is 1.42 bits per heavy atom. The summed E-state index contributed by atoms with van der Waals surface area (Å²) in [5, 5.41) is 17.5. The van der Waals surface area contributed by atoms with Crippen molar-refractivity contribution in [1.29, 1.82) is 0 Å². The van der Waals surface area contributed by atoms with Gasteiger partial charge in [0, 0.05) is 36.6 Å². The van der Waals surface area contributed by atoms with E-state index in [0.717, 1.165) is 0 Å². The van der Waals surface area contributed by atoms with Gasteiger partial charge in [0.1, 0.15) is 18.1 Å². The Labute approximate surface area is 209 Å². The summed E-state index contributed by atoms with van der Waals surface area (Å²) in [5.41, 5.74) is 7.09. The maximum absolute atomic E-state index is 13.3. The van der Waals surface area contributed by atoms with Crippen LogP contribution in [0.2, 0.25) is 0 Å². The Kier molecular flexibility index (Phi) is 10.6. The lowest BCUT2D eigenvalue weighted by Crippen LogP contribution is -2.59. The van der Waals surface area contributed by atoms with Gasteiger partial charge in [-0.3, -0.25) is 14.4 Å². The lowest BCUT2D eigenvalue weighted by Gasteiger charge is -2.28. The summed E-state index contributed by atoms with van der Waals surface area (Å²) in [6.07, 6.45) is 6.49. The van der Waals surface area contributed by atoms with Crippen molar-refractivity contribution in [1.82, 2.24) is 35.9 Å². The van der Waals surface area contributed by atoms with Gasteiger partial charge in [-0.15, -0.1) is 0 Å². The summed E-state index contributed by atoms with van der Waals surface area (Å²) in [4.78, 5) is 64.3. The normalized spacial score (nSPS) is 15.4. The first-order valence-electron chi connectivity index (χ1n) is 11.9. The molecule has 8 N–H and O–H groups in total. The van der Waals surface area contributed by atoms with Gasteiger partial charge in [-0.2, -0.15) is 0 Å². The van der Waals surface area contributed by atoms with Crippen molar-refractivity contribution in [2.24, 2.45) is 17.6 Å². The molecule has 3 amide bonds. The molecule has 0 aliphatic heterocycles. The zero-order valence-electron chi connectivity index (χ0n) is 20.9. The molecule has 0 aliphatic carbocycles. The Balaban J connectivity index is 2.19. The zero-order valence-corrected chi connectivity index (χ0v) is 20.9. The van der Waals surface area contributed by atoms with Crippen molar-refractivity contribution in [3.05, 3.63) is 36.4 Å². The Bertz CT molecular complexity index is 992. The maximum atomic E-state index is 13.3. The van der Waals surface area contributed by atoms with Crippen molar-refractivity contribution in [2.75, 3.05) is 0 Å². The molecule has 0 saturated carbocycles. The minimum Gasteiger partial charge on any atom is -0.480 e. The summed E-state index contributed by atoms with van der Waals surface area (Å²) in [6.45, 7) is 7.20. The molecular formula is C23H36N8O5. The summed E-state index contributed by atoms with van der Waals surface area (Å²) >= 11 is 0. The van der Waals surface area contributed by atoms with E-state index in [1.807, 2.05) is 6.92 Å². The number of H-pyrrole nitrogens is 2. The Morgan fingerprint density at radius 1 is 0.889 bits per heavy atom. The molecule has 0 aliphatic rings. The second-order valence-electron chi connectivity index (χ2n) is 9.16. The van der Waals surface area contributed by atoms with Crippen LogP contribution in [0.15, 0.2) is 25.0 Å². The predicted molar refractivity (Wildman–Crippen MR) is 130 cm³/mol. The van der Waals surface area contributed by atoms with Crippen LogP contribution in [0.4, 0.5) is 0 Å². The summed E-state index contributed by atoms with van der Waals surface area (Å²) < 4.78 is 0. The number of imidazole rings is 2. The average molecular weight is 505 g/mol. The smallest absolute Gasteiger partial charge is 0.326 e. The van der Waals surface area contributed by atoms with Crippen LogP contribution in [0.1, 0.15) is 45.5 Å². The van der Waals surface area contributed by atoms with Crippen LogP contribution >= 0.6 is 0 Å². The molecule has 0 radical (unpaired) electrons.